The van der Waals surface area contributed by atoms with E-state index in [1.165, 1.54) is 12.1 Å². The van der Waals surface area contributed by atoms with Crippen LogP contribution in [0.25, 0.3) is 11.0 Å². The van der Waals surface area contributed by atoms with Crippen molar-refractivity contribution in [1.82, 2.24) is 10.6 Å². The molecule has 0 amide bonds. The molecule has 2 atom stereocenters. The number of benzene rings is 2. The Morgan fingerprint density at radius 1 is 1.19 bits per heavy atom. The standard InChI is InChI=1S/C26H27F3N4O4/c1-16-11-17(24-13-18-12-19(26(27,28)29)3-5-22(18)37-24)7-10-32(16)20-4-6-23(21(14-20)33(34)35)36-15-25(2)30-8-9-31-25/h3-6,8-9,12-14,16-17,30-31H,7,10-11,15H2,1-2H3/t16-,17?/m1/s1. The van der Waals surface area contributed by atoms with Gasteiger partial charge in [-0.25, -0.2) is 0 Å². The number of furan rings is 1. The zero-order valence-corrected chi connectivity index (χ0v) is 20.3. The summed E-state index contributed by atoms with van der Waals surface area (Å²) in [4.78, 5) is 13.5. The summed E-state index contributed by atoms with van der Waals surface area (Å²) in [6, 6.07) is 10.2. The summed E-state index contributed by atoms with van der Waals surface area (Å²) < 4.78 is 50.9. The number of nitrogens with one attached hydrogen (secondary N) is 2. The predicted molar refractivity (Wildman–Crippen MR) is 132 cm³/mol. The highest BCUT2D eigenvalue weighted by Gasteiger charge is 2.33. The third-order valence-corrected chi connectivity index (χ3v) is 7.02. The first kappa shape index (κ1) is 24.8. The van der Waals surface area contributed by atoms with Crippen LogP contribution < -0.4 is 20.3 Å². The molecule has 3 aromatic rings. The van der Waals surface area contributed by atoms with Crippen LogP contribution in [0, 0.1) is 10.1 Å². The van der Waals surface area contributed by atoms with Crippen LogP contribution in [-0.2, 0) is 6.18 Å². The Kier molecular flexibility index (Phi) is 6.17. The summed E-state index contributed by atoms with van der Waals surface area (Å²) in [7, 11) is 0. The Morgan fingerprint density at radius 2 is 1.95 bits per heavy atom. The predicted octanol–water partition coefficient (Wildman–Crippen LogP) is 5.89. The lowest BCUT2D eigenvalue weighted by atomic mass is 9.89. The number of rotatable bonds is 6. The van der Waals surface area contributed by atoms with E-state index in [9.17, 15) is 23.3 Å². The number of fused-ring (bicyclic) bond motifs is 1. The quantitative estimate of drug-likeness (QED) is 0.312. The number of hydrogen-bond acceptors (Lipinski definition) is 7. The van der Waals surface area contributed by atoms with E-state index >= 15 is 0 Å². The van der Waals surface area contributed by atoms with Gasteiger partial charge in [-0.05, 0) is 63.1 Å². The van der Waals surface area contributed by atoms with Crippen LogP contribution in [0.5, 0.6) is 5.75 Å². The summed E-state index contributed by atoms with van der Waals surface area (Å²) in [6.07, 6.45) is 0.480. The van der Waals surface area contributed by atoms with Crippen molar-refractivity contribution in [3.05, 3.63) is 76.3 Å². The number of anilines is 1. The highest BCUT2D eigenvalue weighted by Crippen LogP contribution is 2.40. The van der Waals surface area contributed by atoms with E-state index in [0.29, 0.717) is 36.1 Å². The fourth-order valence-electron chi connectivity index (χ4n) is 5.00. The van der Waals surface area contributed by atoms with Gasteiger partial charge in [0.1, 0.15) is 23.6 Å². The lowest BCUT2D eigenvalue weighted by Gasteiger charge is -2.38. The van der Waals surface area contributed by atoms with Gasteiger partial charge in [0.15, 0.2) is 5.75 Å². The second-order valence-electron chi connectivity index (χ2n) is 9.81. The van der Waals surface area contributed by atoms with E-state index < -0.39 is 22.3 Å². The van der Waals surface area contributed by atoms with E-state index in [1.807, 2.05) is 19.9 Å². The monoisotopic (exact) mass is 516 g/mol. The molecule has 0 spiro atoms. The largest absolute Gasteiger partial charge is 0.482 e. The Hall–Kier alpha value is -3.89. The van der Waals surface area contributed by atoms with Crippen molar-refractivity contribution in [2.24, 2.45) is 0 Å². The number of alkyl halides is 3. The van der Waals surface area contributed by atoms with Gasteiger partial charge in [-0.15, -0.1) is 0 Å². The van der Waals surface area contributed by atoms with Gasteiger partial charge in [0, 0.05) is 48.0 Å². The van der Waals surface area contributed by atoms with Crippen molar-refractivity contribution in [3.63, 3.8) is 0 Å². The second kappa shape index (κ2) is 9.20. The van der Waals surface area contributed by atoms with Gasteiger partial charge in [-0.2, -0.15) is 13.2 Å². The molecule has 0 aliphatic carbocycles. The van der Waals surface area contributed by atoms with Gasteiger partial charge < -0.3 is 24.7 Å². The first-order valence-corrected chi connectivity index (χ1v) is 12.0. The third-order valence-electron chi connectivity index (χ3n) is 7.02. The van der Waals surface area contributed by atoms with Crippen LogP contribution in [0.1, 0.15) is 43.9 Å². The Balaban J connectivity index is 1.30. The molecule has 2 aliphatic heterocycles. The Labute approximate surface area is 211 Å². The molecule has 196 valence electrons. The van der Waals surface area contributed by atoms with Crippen LogP contribution in [0.2, 0.25) is 0 Å². The summed E-state index contributed by atoms with van der Waals surface area (Å²) in [6.45, 7) is 4.71. The van der Waals surface area contributed by atoms with E-state index in [2.05, 4.69) is 15.5 Å². The zero-order chi connectivity index (χ0) is 26.4. The summed E-state index contributed by atoms with van der Waals surface area (Å²) in [5.41, 5.74) is -0.218. The zero-order valence-electron chi connectivity index (χ0n) is 20.3. The van der Waals surface area contributed by atoms with Crippen LogP contribution in [-0.4, -0.2) is 29.8 Å². The number of nitro groups is 1. The van der Waals surface area contributed by atoms with Crippen molar-refractivity contribution in [2.45, 2.75) is 50.5 Å². The van der Waals surface area contributed by atoms with Crippen LogP contribution in [0.3, 0.4) is 0 Å². The van der Waals surface area contributed by atoms with Gasteiger partial charge in [-0.1, -0.05) is 0 Å². The second-order valence-corrected chi connectivity index (χ2v) is 9.81. The summed E-state index contributed by atoms with van der Waals surface area (Å²) in [5.74, 6) is 0.882. The van der Waals surface area contributed by atoms with E-state index in [4.69, 9.17) is 9.15 Å². The van der Waals surface area contributed by atoms with Gasteiger partial charge in [0.05, 0.1) is 10.5 Å². The molecule has 37 heavy (non-hydrogen) atoms. The maximum absolute atomic E-state index is 13.1. The highest BCUT2D eigenvalue weighted by atomic mass is 19.4. The molecule has 11 heteroatoms. The molecule has 2 aliphatic rings. The number of hydrogen-bond donors (Lipinski definition) is 2. The smallest absolute Gasteiger partial charge is 0.416 e. The minimum atomic E-state index is -4.41. The van der Waals surface area contributed by atoms with Crippen molar-refractivity contribution < 1.29 is 27.2 Å². The fraction of sp³-hybridized carbons (Fsp3) is 0.385. The van der Waals surface area contributed by atoms with Crippen LogP contribution in [0.4, 0.5) is 24.5 Å². The molecular weight excluding hydrogens is 489 g/mol. The molecule has 2 aromatic carbocycles. The molecule has 1 saturated heterocycles. The Morgan fingerprint density at radius 3 is 2.62 bits per heavy atom. The van der Waals surface area contributed by atoms with Gasteiger partial charge in [0.25, 0.3) is 0 Å². The molecule has 0 saturated carbocycles. The molecule has 8 nitrogen and oxygen atoms in total. The van der Waals surface area contributed by atoms with Crippen molar-refractivity contribution in [1.29, 1.82) is 0 Å². The molecule has 2 N–H and O–H groups in total. The maximum atomic E-state index is 13.1. The SMILES string of the molecule is C[C@@H]1CC(c2cc3cc(C(F)(F)F)ccc3o2)CCN1c1ccc(OCC2(C)NC=CN2)c([N+](=O)[O-])c1. The molecule has 3 heterocycles. The van der Waals surface area contributed by atoms with E-state index in [-0.39, 0.29) is 30.0 Å². The lowest BCUT2D eigenvalue weighted by Crippen LogP contribution is -2.50. The molecule has 1 fully saturated rings. The fourth-order valence-corrected chi connectivity index (χ4v) is 5.00. The Bertz CT molecular complexity index is 1350. The molecular formula is C26H27F3N4O4. The number of piperidine rings is 1. The number of nitrogens with zero attached hydrogens (tertiary/aromatic N) is 2. The minimum Gasteiger partial charge on any atom is -0.482 e. The van der Waals surface area contributed by atoms with Crippen molar-refractivity contribution in [3.8, 4) is 5.75 Å². The number of ether oxygens (including phenoxy) is 1. The maximum Gasteiger partial charge on any atom is 0.416 e. The molecule has 1 unspecified atom stereocenters. The number of nitro benzene ring substituents is 1. The van der Waals surface area contributed by atoms with Gasteiger partial charge in [0.2, 0.25) is 0 Å². The van der Waals surface area contributed by atoms with Gasteiger partial charge in [-0.3, -0.25) is 10.1 Å². The highest BCUT2D eigenvalue weighted by molar-refractivity contribution is 5.79. The number of halogens is 3. The van der Waals surface area contributed by atoms with Crippen LogP contribution in [0.15, 0.2) is 59.3 Å². The van der Waals surface area contributed by atoms with Gasteiger partial charge >= 0.3 is 11.9 Å². The minimum absolute atomic E-state index is 0.0287. The summed E-state index contributed by atoms with van der Waals surface area (Å²) >= 11 is 0. The first-order valence-electron chi connectivity index (χ1n) is 12.0. The summed E-state index contributed by atoms with van der Waals surface area (Å²) in [5, 5.41) is 18.4. The third kappa shape index (κ3) is 5.03. The topological polar surface area (TPSA) is 92.8 Å². The lowest BCUT2D eigenvalue weighted by molar-refractivity contribution is -0.385. The van der Waals surface area contributed by atoms with Crippen LogP contribution >= 0.6 is 0 Å². The van der Waals surface area contributed by atoms with E-state index in [0.717, 1.165) is 17.8 Å². The molecule has 0 bridgehead atoms. The van der Waals surface area contributed by atoms with Crippen molar-refractivity contribution in [2.75, 3.05) is 18.1 Å². The average Bonchev–Trinajstić information content (AvgIpc) is 3.48. The first-order chi connectivity index (χ1) is 17.5. The molecule has 1 aromatic heterocycles. The molecule has 5 rings (SSSR count). The normalized spacial score (nSPS) is 21.1. The van der Waals surface area contributed by atoms with Crippen molar-refractivity contribution >= 4 is 22.3 Å². The average molecular weight is 517 g/mol. The molecule has 0 radical (unpaired) electrons. The van der Waals surface area contributed by atoms with E-state index in [1.54, 1.807) is 24.5 Å².